The molecule has 0 spiro atoms. The maximum Gasteiger partial charge on any atom is 0.332 e. The molecular formula is C25H35N5O3. The van der Waals surface area contributed by atoms with Crippen LogP contribution in [0.4, 0.5) is 11.6 Å². The van der Waals surface area contributed by atoms with Gasteiger partial charge in [0, 0.05) is 32.4 Å². The third kappa shape index (κ3) is 4.43. The Labute approximate surface area is 194 Å². The number of ether oxygens (including phenoxy) is 1. The van der Waals surface area contributed by atoms with Crippen LogP contribution >= 0.6 is 0 Å². The normalized spacial score (nSPS) is 15.8. The van der Waals surface area contributed by atoms with E-state index >= 15 is 0 Å². The fourth-order valence-corrected chi connectivity index (χ4v) is 4.68. The van der Waals surface area contributed by atoms with Gasteiger partial charge in [-0.2, -0.15) is 4.98 Å². The number of aryl methyl sites for hydroxylation is 1. The minimum atomic E-state index is -0.292. The number of benzene rings is 1. The highest BCUT2D eigenvalue weighted by Crippen LogP contribution is 2.33. The lowest BCUT2D eigenvalue weighted by Crippen LogP contribution is -2.40. The van der Waals surface area contributed by atoms with E-state index in [0.717, 1.165) is 37.2 Å². The summed E-state index contributed by atoms with van der Waals surface area (Å²) in [5, 5.41) is 0. The van der Waals surface area contributed by atoms with Gasteiger partial charge < -0.3 is 14.2 Å². The van der Waals surface area contributed by atoms with Crippen LogP contribution in [-0.2, 0) is 20.1 Å². The van der Waals surface area contributed by atoms with Gasteiger partial charge in [-0.3, -0.25) is 13.9 Å². The van der Waals surface area contributed by atoms with Crippen molar-refractivity contribution >= 4 is 22.8 Å². The van der Waals surface area contributed by atoms with E-state index in [1.165, 1.54) is 22.0 Å². The quantitative estimate of drug-likeness (QED) is 0.457. The molecule has 0 unspecified atom stereocenters. The van der Waals surface area contributed by atoms with Gasteiger partial charge in [0.25, 0.3) is 5.56 Å². The number of hydrogen-bond donors (Lipinski definition) is 0. The van der Waals surface area contributed by atoms with Crippen molar-refractivity contribution in [3.63, 3.8) is 0 Å². The number of anilines is 2. The summed E-state index contributed by atoms with van der Waals surface area (Å²) in [4.78, 5) is 33.4. The fourth-order valence-electron chi connectivity index (χ4n) is 4.68. The van der Waals surface area contributed by atoms with Gasteiger partial charge in [-0.25, -0.2) is 4.79 Å². The monoisotopic (exact) mass is 453 g/mol. The van der Waals surface area contributed by atoms with Crippen LogP contribution in [0, 0.1) is 5.92 Å². The van der Waals surface area contributed by atoms with E-state index in [1.807, 2.05) is 35.8 Å². The zero-order chi connectivity index (χ0) is 23.5. The van der Waals surface area contributed by atoms with Crippen LogP contribution in [0.5, 0.6) is 5.75 Å². The Morgan fingerprint density at radius 1 is 1.03 bits per heavy atom. The average Bonchev–Trinajstić information content (AvgIpc) is 3.19. The molecule has 8 heteroatoms. The van der Waals surface area contributed by atoms with Gasteiger partial charge in [-0.15, -0.1) is 0 Å². The Hall–Kier alpha value is -3.03. The molecule has 4 rings (SSSR count). The molecular weight excluding hydrogens is 418 g/mol. The van der Waals surface area contributed by atoms with E-state index < -0.39 is 0 Å². The van der Waals surface area contributed by atoms with E-state index in [1.54, 1.807) is 7.05 Å². The van der Waals surface area contributed by atoms with E-state index in [0.29, 0.717) is 42.7 Å². The first-order chi connectivity index (χ1) is 16.0. The molecule has 0 N–H and O–H groups in total. The smallest absolute Gasteiger partial charge is 0.332 e. The minimum Gasteiger partial charge on any atom is -0.494 e. The van der Waals surface area contributed by atoms with Crippen molar-refractivity contribution < 1.29 is 4.74 Å². The second-order valence-electron chi connectivity index (χ2n) is 9.05. The van der Waals surface area contributed by atoms with Crippen LogP contribution in [0.3, 0.4) is 0 Å². The van der Waals surface area contributed by atoms with Gasteiger partial charge in [0.15, 0.2) is 11.2 Å². The highest BCUT2D eigenvalue weighted by atomic mass is 16.5. The molecule has 1 atom stereocenters. The molecule has 2 aromatic heterocycles. The van der Waals surface area contributed by atoms with Gasteiger partial charge >= 0.3 is 5.69 Å². The first-order valence-electron chi connectivity index (χ1n) is 12.2. The number of nitrogens with zero attached hydrogens (tertiary/aromatic N) is 5. The largest absolute Gasteiger partial charge is 0.494 e. The Balaban J connectivity index is 1.75. The van der Waals surface area contributed by atoms with Crippen LogP contribution in [0.1, 0.15) is 52.9 Å². The van der Waals surface area contributed by atoms with Crippen molar-refractivity contribution in [3.8, 4) is 5.75 Å². The number of fused-ring (bicyclic) bond motifs is 3. The third-order valence-corrected chi connectivity index (χ3v) is 6.39. The van der Waals surface area contributed by atoms with Gasteiger partial charge in [-0.1, -0.05) is 39.5 Å². The van der Waals surface area contributed by atoms with E-state index in [-0.39, 0.29) is 11.2 Å². The van der Waals surface area contributed by atoms with Crippen LogP contribution in [0.15, 0.2) is 33.9 Å². The highest BCUT2D eigenvalue weighted by molar-refractivity contribution is 5.77. The maximum absolute atomic E-state index is 13.5. The Morgan fingerprint density at radius 3 is 2.45 bits per heavy atom. The van der Waals surface area contributed by atoms with Gasteiger partial charge in [0.1, 0.15) is 5.75 Å². The molecule has 0 saturated carbocycles. The zero-order valence-corrected chi connectivity index (χ0v) is 20.2. The minimum absolute atomic E-state index is 0.233. The SMILES string of the molecule is CCCCCCCn1c(=O)c2c(nc3n2C[C@@H](C)CN3c2ccc(OCC)cc2)n(C)c1=O. The molecule has 3 aromatic rings. The molecule has 0 saturated heterocycles. The molecule has 0 bridgehead atoms. The highest BCUT2D eigenvalue weighted by Gasteiger charge is 2.29. The second kappa shape index (κ2) is 9.85. The van der Waals surface area contributed by atoms with Crippen molar-refractivity contribution in [2.24, 2.45) is 13.0 Å². The lowest BCUT2D eigenvalue weighted by atomic mass is 10.1. The third-order valence-electron chi connectivity index (χ3n) is 6.39. The van der Waals surface area contributed by atoms with Gasteiger partial charge in [0.05, 0.1) is 6.61 Å². The Bertz CT molecular complexity index is 1220. The van der Waals surface area contributed by atoms with Crippen molar-refractivity contribution in [3.05, 3.63) is 45.1 Å². The van der Waals surface area contributed by atoms with E-state index in [2.05, 4.69) is 18.7 Å². The molecule has 0 aliphatic carbocycles. The summed E-state index contributed by atoms with van der Waals surface area (Å²) in [6.07, 6.45) is 5.33. The zero-order valence-electron chi connectivity index (χ0n) is 20.2. The first-order valence-corrected chi connectivity index (χ1v) is 12.2. The molecule has 33 heavy (non-hydrogen) atoms. The van der Waals surface area contributed by atoms with Crippen LogP contribution in [-0.4, -0.2) is 31.8 Å². The van der Waals surface area contributed by atoms with Gasteiger partial charge in [0.2, 0.25) is 5.95 Å². The predicted molar refractivity (Wildman–Crippen MR) is 132 cm³/mol. The number of imidazole rings is 1. The van der Waals surface area contributed by atoms with Crippen LogP contribution < -0.4 is 20.9 Å². The number of unbranched alkanes of at least 4 members (excludes halogenated alkanes) is 4. The lowest BCUT2D eigenvalue weighted by molar-refractivity contribution is 0.340. The van der Waals surface area contributed by atoms with Gasteiger partial charge in [-0.05, 0) is 43.5 Å². The average molecular weight is 454 g/mol. The van der Waals surface area contributed by atoms with Crippen molar-refractivity contribution in [2.45, 2.75) is 66.0 Å². The summed E-state index contributed by atoms with van der Waals surface area (Å²) in [6, 6.07) is 7.93. The molecule has 1 aromatic carbocycles. The second-order valence-corrected chi connectivity index (χ2v) is 9.05. The van der Waals surface area contributed by atoms with E-state index in [4.69, 9.17) is 9.72 Å². The Kier molecular flexibility index (Phi) is 6.91. The standard InChI is InChI=1S/C25H35N5O3/c1-5-7-8-9-10-15-28-23(31)21-22(27(4)25(28)32)26-24-29(16-18(3)17-30(21)24)19-11-13-20(14-12-19)33-6-2/h11-14,18H,5-10,15-17H2,1-4H3/t18-/m0/s1. The number of hydrogen-bond acceptors (Lipinski definition) is 5. The molecule has 0 fully saturated rings. The Morgan fingerprint density at radius 2 is 1.76 bits per heavy atom. The molecule has 0 amide bonds. The predicted octanol–water partition coefficient (Wildman–Crippen LogP) is 4.05. The van der Waals surface area contributed by atoms with Crippen LogP contribution in [0.2, 0.25) is 0 Å². The summed E-state index contributed by atoms with van der Waals surface area (Å²) in [7, 11) is 1.71. The number of aromatic nitrogens is 4. The first kappa shape index (κ1) is 23.1. The van der Waals surface area contributed by atoms with E-state index in [9.17, 15) is 9.59 Å². The van der Waals surface area contributed by atoms with Crippen molar-refractivity contribution in [1.82, 2.24) is 18.7 Å². The fraction of sp³-hybridized carbons (Fsp3) is 0.560. The molecule has 0 radical (unpaired) electrons. The summed E-state index contributed by atoms with van der Waals surface area (Å²) in [5.74, 6) is 1.85. The lowest BCUT2D eigenvalue weighted by Gasteiger charge is -2.33. The molecule has 8 nitrogen and oxygen atoms in total. The summed E-state index contributed by atoms with van der Waals surface area (Å²) >= 11 is 0. The summed E-state index contributed by atoms with van der Waals surface area (Å²) in [6.45, 7) is 8.86. The van der Waals surface area contributed by atoms with Crippen molar-refractivity contribution in [1.29, 1.82) is 0 Å². The molecule has 1 aliphatic rings. The molecule has 1 aliphatic heterocycles. The summed E-state index contributed by atoms with van der Waals surface area (Å²) in [5.41, 5.74) is 1.43. The van der Waals surface area contributed by atoms with Crippen LogP contribution in [0.25, 0.3) is 11.2 Å². The van der Waals surface area contributed by atoms with Crippen molar-refractivity contribution in [2.75, 3.05) is 18.1 Å². The maximum atomic E-state index is 13.5. The molecule has 3 heterocycles. The topological polar surface area (TPSA) is 74.3 Å². The summed E-state index contributed by atoms with van der Waals surface area (Å²) < 4.78 is 10.5. The molecule has 178 valence electrons. The number of rotatable bonds is 9.